The number of nitrogens with zero attached hydrogens (tertiary/aromatic N) is 4. The Labute approximate surface area is 174 Å². The number of fused-ring (bicyclic) bond motifs is 1. The molecule has 1 aliphatic heterocycles. The van der Waals surface area contributed by atoms with Crippen LogP contribution in [0.2, 0.25) is 0 Å². The highest BCUT2D eigenvalue weighted by molar-refractivity contribution is 14.0. The normalized spacial score (nSPS) is 14.1. The van der Waals surface area contributed by atoms with E-state index in [-0.39, 0.29) is 29.7 Å². The van der Waals surface area contributed by atoms with Crippen molar-refractivity contribution < 1.29 is 0 Å². The second kappa shape index (κ2) is 12.3. The lowest BCUT2D eigenvalue weighted by Gasteiger charge is -2.13. The van der Waals surface area contributed by atoms with E-state index in [1.54, 1.807) is 4.68 Å². The van der Waals surface area contributed by atoms with Crippen molar-refractivity contribution in [2.24, 2.45) is 10.9 Å². The van der Waals surface area contributed by atoms with E-state index in [1.165, 1.54) is 0 Å². The molecule has 0 radical (unpaired) electrons. The van der Waals surface area contributed by atoms with Gasteiger partial charge in [-0.3, -0.25) is 9.56 Å². The molecular formula is C18H35IN6O. The van der Waals surface area contributed by atoms with E-state index < -0.39 is 0 Å². The summed E-state index contributed by atoms with van der Waals surface area (Å²) in [5, 5.41) is 11.1. The van der Waals surface area contributed by atoms with Crippen molar-refractivity contribution in [2.45, 2.75) is 72.4 Å². The van der Waals surface area contributed by atoms with Crippen molar-refractivity contribution in [2.75, 3.05) is 19.6 Å². The first-order valence-corrected chi connectivity index (χ1v) is 9.88. The number of hydrogen-bond donors (Lipinski definition) is 2. The quantitative estimate of drug-likeness (QED) is 0.247. The van der Waals surface area contributed by atoms with Gasteiger partial charge in [-0.1, -0.05) is 26.7 Å². The number of nitrogens with one attached hydrogen (secondary N) is 2. The molecule has 0 spiro atoms. The molecule has 0 saturated carbocycles. The van der Waals surface area contributed by atoms with Crippen LogP contribution < -0.4 is 16.3 Å². The van der Waals surface area contributed by atoms with E-state index in [1.807, 2.05) is 4.57 Å². The number of aryl methyl sites for hydroxylation is 2. The molecular weight excluding hydrogens is 443 g/mol. The van der Waals surface area contributed by atoms with Crippen LogP contribution >= 0.6 is 24.0 Å². The minimum absolute atomic E-state index is 0. The monoisotopic (exact) mass is 478 g/mol. The van der Waals surface area contributed by atoms with Gasteiger partial charge in [-0.15, -0.1) is 24.0 Å². The molecule has 1 aromatic heterocycles. The van der Waals surface area contributed by atoms with E-state index in [9.17, 15) is 4.79 Å². The first-order chi connectivity index (χ1) is 12.2. The Morgan fingerprint density at radius 2 is 2.00 bits per heavy atom. The standard InChI is InChI=1S/C18H34N6O.HI/c1-4-15(5-2)14-21-17(19-6-3)20-11-9-13-24-18(25)23-12-8-7-10-16(23)22-24;/h15H,4-14H2,1-3H3,(H2,19,20,21);1H. The highest BCUT2D eigenvalue weighted by atomic mass is 127. The largest absolute Gasteiger partial charge is 0.357 e. The Balaban J connectivity index is 0.00000338. The number of rotatable bonds is 9. The molecule has 2 N–H and O–H groups in total. The smallest absolute Gasteiger partial charge is 0.345 e. The third-order valence-electron chi connectivity index (χ3n) is 4.88. The average Bonchev–Trinajstić information content (AvgIpc) is 2.95. The van der Waals surface area contributed by atoms with Crippen LogP contribution in [0.5, 0.6) is 0 Å². The molecule has 0 saturated heterocycles. The number of guanidine groups is 1. The molecule has 7 nitrogen and oxygen atoms in total. The van der Waals surface area contributed by atoms with Gasteiger partial charge < -0.3 is 10.6 Å². The second-order valence-electron chi connectivity index (χ2n) is 6.71. The first kappa shape index (κ1) is 23.0. The predicted molar refractivity (Wildman–Crippen MR) is 118 cm³/mol. The molecule has 0 aromatic carbocycles. The summed E-state index contributed by atoms with van der Waals surface area (Å²) in [6.07, 6.45) is 6.32. The summed E-state index contributed by atoms with van der Waals surface area (Å²) in [7, 11) is 0. The van der Waals surface area contributed by atoms with E-state index in [0.717, 1.165) is 76.5 Å². The molecule has 0 amide bonds. The van der Waals surface area contributed by atoms with Gasteiger partial charge >= 0.3 is 5.69 Å². The summed E-state index contributed by atoms with van der Waals surface area (Å²) >= 11 is 0. The Hall–Kier alpha value is -1.06. The zero-order valence-corrected chi connectivity index (χ0v) is 18.8. The van der Waals surface area contributed by atoms with Crippen molar-refractivity contribution in [1.29, 1.82) is 0 Å². The molecule has 0 bridgehead atoms. The Kier molecular flexibility index (Phi) is 10.9. The van der Waals surface area contributed by atoms with E-state index in [2.05, 4.69) is 41.5 Å². The molecule has 0 unspecified atom stereocenters. The third-order valence-corrected chi connectivity index (χ3v) is 4.88. The van der Waals surface area contributed by atoms with Crippen LogP contribution in [0.25, 0.3) is 0 Å². The lowest BCUT2D eigenvalue weighted by molar-refractivity contribution is 0.502. The molecule has 1 aliphatic rings. The van der Waals surface area contributed by atoms with Gasteiger partial charge in [0.25, 0.3) is 0 Å². The molecule has 150 valence electrons. The van der Waals surface area contributed by atoms with Gasteiger partial charge in [0.05, 0.1) is 0 Å². The van der Waals surface area contributed by atoms with Crippen LogP contribution in [0.15, 0.2) is 9.79 Å². The van der Waals surface area contributed by atoms with Gasteiger partial charge in [-0.05, 0) is 32.1 Å². The van der Waals surface area contributed by atoms with E-state index in [0.29, 0.717) is 12.5 Å². The van der Waals surface area contributed by atoms with Crippen molar-refractivity contribution >= 4 is 29.9 Å². The third kappa shape index (κ3) is 6.59. The molecule has 0 aliphatic carbocycles. The fourth-order valence-corrected chi connectivity index (χ4v) is 3.14. The van der Waals surface area contributed by atoms with Crippen LogP contribution in [0.1, 0.15) is 58.7 Å². The molecule has 0 fully saturated rings. The summed E-state index contributed by atoms with van der Waals surface area (Å²) in [5.41, 5.74) is 0.0454. The fourth-order valence-electron chi connectivity index (χ4n) is 3.14. The summed E-state index contributed by atoms with van der Waals surface area (Å²) in [6.45, 7) is 10.5. The van der Waals surface area contributed by atoms with Gasteiger partial charge in [0, 0.05) is 39.1 Å². The average molecular weight is 478 g/mol. The Morgan fingerprint density at radius 3 is 2.65 bits per heavy atom. The van der Waals surface area contributed by atoms with Crippen molar-refractivity contribution in [1.82, 2.24) is 25.0 Å². The van der Waals surface area contributed by atoms with Gasteiger partial charge in [0.1, 0.15) is 5.82 Å². The molecule has 2 rings (SSSR count). The lowest BCUT2D eigenvalue weighted by atomic mass is 10.0. The molecule has 2 heterocycles. The zero-order chi connectivity index (χ0) is 18.1. The fraction of sp³-hybridized carbons (Fsp3) is 0.833. The topological polar surface area (TPSA) is 76.2 Å². The SMILES string of the molecule is CCNC(=NCC(CC)CC)NCCCn1nc2n(c1=O)CCCC2.I. The van der Waals surface area contributed by atoms with Crippen LogP contribution in [-0.2, 0) is 19.5 Å². The molecule has 0 atom stereocenters. The van der Waals surface area contributed by atoms with Crippen LogP contribution in [0.4, 0.5) is 0 Å². The minimum Gasteiger partial charge on any atom is -0.357 e. The summed E-state index contributed by atoms with van der Waals surface area (Å²) in [4.78, 5) is 17.0. The summed E-state index contributed by atoms with van der Waals surface area (Å²) in [5.74, 6) is 2.46. The summed E-state index contributed by atoms with van der Waals surface area (Å²) in [6, 6.07) is 0. The van der Waals surface area contributed by atoms with E-state index >= 15 is 0 Å². The highest BCUT2D eigenvalue weighted by Gasteiger charge is 2.16. The number of halogens is 1. The Morgan fingerprint density at radius 1 is 1.23 bits per heavy atom. The van der Waals surface area contributed by atoms with Crippen molar-refractivity contribution in [3.05, 3.63) is 16.3 Å². The molecule has 26 heavy (non-hydrogen) atoms. The number of aromatic nitrogens is 3. The highest BCUT2D eigenvalue weighted by Crippen LogP contribution is 2.09. The van der Waals surface area contributed by atoms with Gasteiger partial charge in [0.15, 0.2) is 5.96 Å². The second-order valence-corrected chi connectivity index (χ2v) is 6.71. The van der Waals surface area contributed by atoms with Gasteiger partial charge in [0.2, 0.25) is 0 Å². The van der Waals surface area contributed by atoms with Crippen LogP contribution in [-0.4, -0.2) is 39.9 Å². The first-order valence-electron chi connectivity index (χ1n) is 9.88. The van der Waals surface area contributed by atoms with E-state index in [4.69, 9.17) is 0 Å². The van der Waals surface area contributed by atoms with Gasteiger partial charge in [-0.25, -0.2) is 9.48 Å². The maximum Gasteiger partial charge on any atom is 0.345 e. The van der Waals surface area contributed by atoms with Crippen molar-refractivity contribution in [3.8, 4) is 0 Å². The zero-order valence-electron chi connectivity index (χ0n) is 16.5. The van der Waals surface area contributed by atoms with Gasteiger partial charge in [-0.2, -0.15) is 5.10 Å². The molecule has 8 heteroatoms. The number of aliphatic imine (C=N–C) groups is 1. The summed E-state index contributed by atoms with van der Waals surface area (Å²) < 4.78 is 3.45. The minimum atomic E-state index is 0. The maximum absolute atomic E-state index is 12.3. The lowest BCUT2D eigenvalue weighted by Crippen LogP contribution is -2.38. The Bertz CT molecular complexity index is 605. The van der Waals surface area contributed by atoms with Crippen LogP contribution in [0.3, 0.4) is 0 Å². The predicted octanol–water partition coefficient (Wildman–Crippen LogP) is 2.38. The maximum atomic E-state index is 12.3. The van der Waals surface area contributed by atoms with Crippen molar-refractivity contribution in [3.63, 3.8) is 0 Å². The van der Waals surface area contributed by atoms with Crippen LogP contribution in [0, 0.1) is 5.92 Å². The number of hydrogen-bond acceptors (Lipinski definition) is 3. The molecule has 1 aromatic rings.